The Bertz CT molecular complexity index is 452. The SMILES string of the molecule is CC(C)NCC(=O)C[C@H](Cc1ccccc1)C(=O)C(C)C. The second kappa shape index (κ2) is 8.73. The van der Waals surface area contributed by atoms with Crippen LogP contribution in [0, 0.1) is 11.8 Å². The summed E-state index contributed by atoms with van der Waals surface area (Å²) in [7, 11) is 0. The lowest BCUT2D eigenvalue weighted by molar-refractivity contribution is -0.129. The predicted molar refractivity (Wildman–Crippen MR) is 86.2 cm³/mol. The maximum Gasteiger partial charge on any atom is 0.147 e. The molecule has 0 aromatic heterocycles. The normalized spacial score (nSPS) is 12.7. The summed E-state index contributed by atoms with van der Waals surface area (Å²) in [5.74, 6) is 0.0359. The van der Waals surface area contributed by atoms with Gasteiger partial charge in [-0.05, 0) is 12.0 Å². The molecule has 1 aromatic rings. The molecule has 0 bridgehead atoms. The topological polar surface area (TPSA) is 46.2 Å². The van der Waals surface area contributed by atoms with E-state index in [1.807, 2.05) is 58.0 Å². The molecule has 0 aliphatic rings. The first-order chi connectivity index (χ1) is 9.90. The van der Waals surface area contributed by atoms with Crippen molar-refractivity contribution in [3.63, 3.8) is 0 Å². The van der Waals surface area contributed by atoms with Gasteiger partial charge in [0, 0.05) is 24.3 Å². The van der Waals surface area contributed by atoms with Gasteiger partial charge >= 0.3 is 0 Å². The van der Waals surface area contributed by atoms with Crippen molar-refractivity contribution in [1.82, 2.24) is 5.32 Å². The molecule has 0 aliphatic heterocycles. The van der Waals surface area contributed by atoms with E-state index in [0.29, 0.717) is 19.4 Å². The Labute approximate surface area is 128 Å². The molecule has 0 spiro atoms. The Hall–Kier alpha value is -1.48. The lowest BCUT2D eigenvalue weighted by Crippen LogP contribution is -2.32. The van der Waals surface area contributed by atoms with Crippen LogP contribution in [-0.4, -0.2) is 24.2 Å². The molecule has 0 amide bonds. The van der Waals surface area contributed by atoms with Gasteiger partial charge in [0.05, 0.1) is 6.54 Å². The average molecular weight is 289 g/mol. The molecule has 21 heavy (non-hydrogen) atoms. The summed E-state index contributed by atoms with van der Waals surface area (Å²) in [5, 5.41) is 3.12. The zero-order valence-electron chi connectivity index (χ0n) is 13.6. The van der Waals surface area contributed by atoms with Gasteiger partial charge < -0.3 is 5.32 Å². The molecular weight excluding hydrogens is 262 g/mol. The van der Waals surface area contributed by atoms with E-state index in [1.54, 1.807) is 0 Å². The fourth-order valence-electron chi connectivity index (χ4n) is 2.31. The Balaban J connectivity index is 2.69. The van der Waals surface area contributed by atoms with Crippen LogP contribution in [0.15, 0.2) is 30.3 Å². The molecule has 116 valence electrons. The van der Waals surface area contributed by atoms with E-state index in [0.717, 1.165) is 5.56 Å². The summed E-state index contributed by atoms with van der Waals surface area (Å²) in [6.07, 6.45) is 0.969. The van der Waals surface area contributed by atoms with Crippen LogP contribution in [-0.2, 0) is 16.0 Å². The molecule has 1 atom stereocenters. The van der Waals surface area contributed by atoms with Gasteiger partial charge in [0.15, 0.2) is 0 Å². The van der Waals surface area contributed by atoms with Crippen molar-refractivity contribution in [2.75, 3.05) is 6.54 Å². The molecule has 1 N–H and O–H groups in total. The molecule has 3 nitrogen and oxygen atoms in total. The van der Waals surface area contributed by atoms with Gasteiger partial charge in [0.2, 0.25) is 0 Å². The number of hydrogen-bond acceptors (Lipinski definition) is 3. The highest BCUT2D eigenvalue weighted by atomic mass is 16.1. The summed E-state index contributed by atoms with van der Waals surface area (Å²) in [5.41, 5.74) is 1.11. The van der Waals surface area contributed by atoms with E-state index in [9.17, 15) is 9.59 Å². The summed E-state index contributed by atoms with van der Waals surface area (Å²) in [6.45, 7) is 8.16. The van der Waals surface area contributed by atoms with Crippen LogP contribution in [0.2, 0.25) is 0 Å². The maximum absolute atomic E-state index is 12.3. The largest absolute Gasteiger partial charge is 0.308 e. The first-order valence-electron chi connectivity index (χ1n) is 7.73. The van der Waals surface area contributed by atoms with Crippen molar-refractivity contribution >= 4 is 11.6 Å². The van der Waals surface area contributed by atoms with Crippen molar-refractivity contribution in [3.05, 3.63) is 35.9 Å². The minimum atomic E-state index is -0.214. The molecular formula is C18H27NO2. The minimum Gasteiger partial charge on any atom is -0.308 e. The second-order valence-corrected chi connectivity index (χ2v) is 6.22. The molecule has 1 rings (SSSR count). The van der Waals surface area contributed by atoms with Gasteiger partial charge in [0.25, 0.3) is 0 Å². The van der Waals surface area contributed by atoms with Crippen LogP contribution in [0.4, 0.5) is 0 Å². The summed E-state index contributed by atoms with van der Waals surface area (Å²) in [6, 6.07) is 10.2. The maximum atomic E-state index is 12.3. The van der Waals surface area contributed by atoms with Crippen molar-refractivity contribution in [2.24, 2.45) is 11.8 Å². The number of carbonyl (C=O) groups excluding carboxylic acids is 2. The zero-order valence-corrected chi connectivity index (χ0v) is 13.6. The van der Waals surface area contributed by atoms with E-state index >= 15 is 0 Å². The number of benzene rings is 1. The number of ketones is 2. The number of nitrogens with one attached hydrogen (secondary N) is 1. The molecule has 1 aromatic carbocycles. The molecule has 0 radical (unpaired) electrons. The molecule has 0 aliphatic carbocycles. The molecule has 0 fully saturated rings. The lowest BCUT2D eigenvalue weighted by atomic mass is 9.86. The highest BCUT2D eigenvalue weighted by Crippen LogP contribution is 2.18. The Kier molecular flexibility index (Phi) is 7.30. The fourth-order valence-corrected chi connectivity index (χ4v) is 2.31. The Morgan fingerprint density at radius 1 is 1.05 bits per heavy atom. The van der Waals surface area contributed by atoms with Crippen LogP contribution >= 0.6 is 0 Å². The zero-order chi connectivity index (χ0) is 15.8. The number of carbonyl (C=O) groups is 2. The van der Waals surface area contributed by atoms with Crippen LogP contribution in [0.25, 0.3) is 0 Å². The van der Waals surface area contributed by atoms with E-state index in [-0.39, 0.29) is 29.4 Å². The summed E-state index contributed by atoms with van der Waals surface area (Å²) < 4.78 is 0. The summed E-state index contributed by atoms with van der Waals surface area (Å²) >= 11 is 0. The molecule has 0 saturated carbocycles. The predicted octanol–water partition coefficient (Wildman–Crippen LogP) is 3.03. The second-order valence-electron chi connectivity index (χ2n) is 6.22. The monoisotopic (exact) mass is 289 g/mol. The van der Waals surface area contributed by atoms with Gasteiger partial charge in [-0.1, -0.05) is 58.0 Å². The van der Waals surface area contributed by atoms with E-state index in [1.165, 1.54) is 0 Å². The molecule has 0 saturated heterocycles. The van der Waals surface area contributed by atoms with Crippen LogP contribution in [0.5, 0.6) is 0 Å². The third kappa shape index (κ3) is 6.67. The average Bonchev–Trinajstić information content (AvgIpc) is 2.44. The van der Waals surface area contributed by atoms with Gasteiger partial charge in [-0.3, -0.25) is 9.59 Å². The third-order valence-corrected chi connectivity index (χ3v) is 3.48. The van der Waals surface area contributed by atoms with E-state index in [2.05, 4.69) is 5.32 Å². The van der Waals surface area contributed by atoms with Gasteiger partial charge in [-0.2, -0.15) is 0 Å². The molecule has 3 heteroatoms. The first-order valence-corrected chi connectivity index (χ1v) is 7.73. The highest BCUT2D eigenvalue weighted by molar-refractivity contribution is 5.89. The highest BCUT2D eigenvalue weighted by Gasteiger charge is 2.24. The smallest absolute Gasteiger partial charge is 0.147 e. The van der Waals surface area contributed by atoms with E-state index in [4.69, 9.17) is 0 Å². The standard InChI is InChI=1S/C18H27NO2/c1-13(2)18(21)16(10-15-8-6-5-7-9-15)11-17(20)12-19-14(3)4/h5-9,13-14,16,19H,10-12H2,1-4H3/t16-/m0/s1. The van der Waals surface area contributed by atoms with Gasteiger partial charge in [-0.25, -0.2) is 0 Å². The van der Waals surface area contributed by atoms with Crippen molar-refractivity contribution in [2.45, 2.75) is 46.6 Å². The van der Waals surface area contributed by atoms with Crippen LogP contribution in [0.1, 0.15) is 39.7 Å². The first kappa shape index (κ1) is 17.6. The van der Waals surface area contributed by atoms with Crippen LogP contribution < -0.4 is 5.32 Å². The van der Waals surface area contributed by atoms with Crippen molar-refractivity contribution < 1.29 is 9.59 Å². The minimum absolute atomic E-state index is 0.0374. The number of rotatable bonds is 9. The summed E-state index contributed by atoms with van der Waals surface area (Å²) in [4.78, 5) is 24.4. The van der Waals surface area contributed by atoms with E-state index < -0.39 is 0 Å². The Morgan fingerprint density at radius 3 is 2.19 bits per heavy atom. The molecule has 0 unspecified atom stereocenters. The number of hydrogen-bond donors (Lipinski definition) is 1. The van der Waals surface area contributed by atoms with Crippen molar-refractivity contribution in [3.8, 4) is 0 Å². The third-order valence-electron chi connectivity index (χ3n) is 3.48. The van der Waals surface area contributed by atoms with Crippen molar-refractivity contribution in [1.29, 1.82) is 0 Å². The fraction of sp³-hybridized carbons (Fsp3) is 0.556. The number of Topliss-reactive ketones (excluding diaryl/α,β-unsaturated/α-hetero) is 2. The van der Waals surface area contributed by atoms with Gasteiger partial charge in [0.1, 0.15) is 11.6 Å². The quantitative estimate of drug-likeness (QED) is 0.760. The Morgan fingerprint density at radius 2 is 1.67 bits per heavy atom. The lowest BCUT2D eigenvalue weighted by Gasteiger charge is -2.18. The van der Waals surface area contributed by atoms with Gasteiger partial charge in [-0.15, -0.1) is 0 Å². The molecule has 0 heterocycles. The van der Waals surface area contributed by atoms with Crippen LogP contribution in [0.3, 0.4) is 0 Å².